The average molecular weight is 221 g/mol. The van der Waals surface area contributed by atoms with Gasteiger partial charge in [-0.25, -0.2) is 0 Å². The highest BCUT2D eigenvalue weighted by molar-refractivity contribution is 7.99. The van der Waals surface area contributed by atoms with E-state index in [1.807, 2.05) is 20.8 Å². The van der Waals surface area contributed by atoms with Gasteiger partial charge in [0.15, 0.2) is 0 Å². The molecule has 0 fully saturated rings. The summed E-state index contributed by atoms with van der Waals surface area (Å²) >= 11 is 1.33. The van der Waals surface area contributed by atoms with Crippen LogP contribution in [0.1, 0.15) is 20.8 Å². The Balaban J connectivity index is 3.55. The fraction of sp³-hybridized carbons (Fsp3) is 0.889. The normalized spacial score (nSPS) is 13.8. The van der Waals surface area contributed by atoms with E-state index in [1.54, 1.807) is 0 Å². The lowest BCUT2D eigenvalue weighted by atomic mass is 10.2. The summed E-state index contributed by atoms with van der Waals surface area (Å²) in [6.45, 7) is 5.69. The molecule has 14 heavy (non-hydrogen) atoms. The van der Waals surface area contributed by atoms with Crippen LogP contribution in [0.5, 0.6) is 0 Å². The first-order chi connectivity index (χ1) is 6.35. The van der Waals surface area contributed by atoms with Crippen LogP contribution in [-0.4, -0.2) is 40.8 Å². The molecule has 0 bridgehead atoms. The standard InChI is InChI=1S/C9H19NO3S/c1-9(2,3)13-8(12)6-14-5-7(11)4-10/h7,11H,4-6,10H2,1-3H3. The summed E-state index contributed by atoms with van der Waals surface area (Å²) in [5, 5.41) is 9.11. The van der Waals surface area contributed by atoms with E-state index >= 15 is 0 Å². The third kappa shape index (κ3) is 8.34. The molecule has 1 unspecified atom stereocenters. The fourth-order valence-corrected chi connectivity index (χ4v) is 1.47. The average Bonchev–Trinajstić information content (AvgIpc) is 2.00. The van der Waals surface area contributed by atoms with Gasteiger partial charge in [-0.15, -0.1) is 11.8 Å². The molecule has 0 aliphatic rings. The molecule has 0 aromatic carbocycles. The van der Waals surface area contributed by atoms with E-state index in [2.05, 4.69) is 0 Å². The number of rotatable bonds is 5. The van der Waals surface area contributed by atoms with Crippen molar-refractivity contribution in [1.29, 1.82) is 0 Å². The Hall–Kier alpha value is -0.260. The lowest BCUT2D eigenvalue weighted by Gasteiger charge is -2.19. The van der Waals surface area contributed by atoms with E-state index in [0.717, 1.165) is 0 Å². The first-order valence-corrected chi connectivity index (χ1v) is 5.68. The zero-order chi connectivity index (χ0) is 11.2. The maximum Gasteiger partial charge on any atom is 0.316 e. The summed E-state index contributed by atoms with van der Waals surface area (Å²) in [6.07, 6.45) is -0.539. The summed E-state index contributed by atoms with van der Waals surface area (Å²) in [5.41, 5.74) is 4.77. The Morgan fingerprint density at radius 3 is 2.57 bits per heavy atom. The van der Waals surface area contributed by atoms with Gasteiger partial charge in [0.2, 0.25) is 0 Å². The number of hydrogen-bond acceptors (Lipinski definition) is 5. The van der Waals surface area contributed by atoms with Gasteiger partial charge in [0, 0.05) is 12.3 Å². The molecule has 0 rings (SSSR count). The number of aliphatic hydroxyl groups excluding tert-OH is 1. The minimum absolute atomic E-state index is 0.224. The van der Waals surface area contributed by atoms with Gasteiger partial charge in [0.05, 0.1) is 11.9 Å². The highest BCUT2D eigenvalue weighted by Crippen LogP contribution is 2.10. The number of ether oxygens (including phenoxy) is 1. The molecule has 0 spiro atoms. The molecule has 0 aromatic rings. The Morgan fingerprint density at radius 2 is 2.14 bits per heavy atom. The molecule has 84 valence electrons. The molecule has 0 radical (unpaired) electrons. The molecule has 3 N–H and O–H groups in total. The quantitative estimate of drug-likeness (QED) is 0.657. The van der Waals surface area contributed by atoms with Crippen molar-refractivity contribution in [1.82, 2.24) is 0 Å². The summed E-state index contributed by atoms with van der Waals surface area (Å²) in [7, 11) is 0. The van der Waals surface area contributed by atoms with Crippen molar-refractivity contribution in [2.75, 3.05) is 18.1 Å². The molecule has 4 nitrogen and oxygen atoms in total. The summed E-state index contributed by atoms with van der Waals surface area (Å²) < 4.78 is 5.08. The largest absolute Gasteiger partial charge is 0.459 e. The van der Waals surface area contributed by atoms with Gasteiger partial charge in [-0.05, 0) is 20.8 Å². The highest BCUT2D eigenvalue weighted by Gasteiger charge is 2.16. The van der Waals surface area contributed by atoms with E-state index in [9.17, 15) is 4.79 Å². The van der Waals surface area contributed by atoms with Crippen LogP contribution in [0.15, 0.2) is 0 Å². The van der Waals surface area contributed by atoms with E-state index in [1.165, 1.54) is 11.8 Å². The Bertz CT molecular complexity index is 179. The zero-order valence-electron chi connectivity index (χ0n) is 8.95. The number of nitrogens with two attached hydrogens (primary N) is 1. The fourth-order valence-electron chi connectivity index (χ4n) is 0.717. The maximum atomic E-state index is 11.2. The lowest BCUT2D eigenvalue weighted by molar-refractivity contribution is -0.151. The molecule has 0 aliphatic heterocycles. The second kappa shape index (κ2) is 6.27. The van der Waals surface area contributed by atoms with Gasteiger partial charge < -0.3 is 15.6 Å². The molecule has 0 aliphatic carbocycles. The van der Waals surface area contributed by atoms with Crippen LogP contribution in [0.4, 0.5) is 0 Å². The van der Waals surface area contributed by atoms with Crippen molar-refractivity contribution >= 4 is 17.7 Å². The van der Waals surface area contributed by atoms with Gasteiger partial charge in [-0.3, -0.25) is 4.79 Å². The van der Waals surface area contributed by atoms with Gasteiger partial charge in [0.25, 0.3) is 0 Å². The van der Waals surface area contributed by atoms with E-state index < -0.39 is 11.7 Å². The minimum Gasteiger partial charge on any atom is -0.459 e. The van der Waals surface area contributed by atoms with Gasteiger partial charge in [-0.1, -0.05) is 0 Å². The van der Waals surface area contributed by atoms with Gasteiger partial charge in [0.1, 0.15) is 5.60 Å². The topological polar surface area (TPSA) is 72.5 Å². The van der Waals surface area contributed by atoms with Gasteiger partial charge >= 0.3 is 5.97 Å². The van der Waals surface area contributed by atoms with Crippen molar-refractivity contribution in [3.05, 3.63) is 0 Å². The first kappa shape index (κ1) is 13.7. The third-order valence-corrected chi connectivity index (χ3v) is 2.28. The molecule has 0 aromatic heterocycles. The monoisotopic (exact) mass is 221 g/mol. The number of esters is 1. The molecular weight excluding hydrogens is 202 g/mol. The molecular formula is C9H19NO3S. The van der Waals surface area contributed by atoms with Crippen LogP contribution in [0.2, 0.25) is 0 Å². The van der Waals surface area contributed by atoms with Crippen LogP contribution in [0.25, 0.3) is 0 Å². The highest BCUT2D eigenvalue weighted by atomic mass is 32.2. The lowest BCUT2D eigenvalue weighted by Crippen LogP contribution is -2.26. The van der Waals surface area contributed by atoms with Crippen molar-refractivity contribution in [2.45, 2.75) is 32.5 Å². The van der Waals surface area contributed by atoms with Crippen molar-refractivity contribution in [3.63, 3.8) is 0 Å². The smallest absolute Gasteiger partial charge is 0.316 e. The van der Waals surface area contributed by atoms with E-state index in [4.69, 9.17) is 15.6 Å². The minimum atomic E-state index is -0.539. The predicted molar refractivity (Wildman–Crippen MR) is 58.2 cm³/mol. The first-order valence-electron chi connectivity index (χ1n) is 4.53. The van der Waals surface area contributed by atoms with E-state index in [0.29, 0.717) is 5.75 Å². The molecule has 1 atom stereocenters. The summed E-state index contributed by atoms with van der Waals surface area (Å²) in [6, 6.07) is 0. The van der Waals surface area contributed by atoms with Crippen molar-refractivity contribution in [2.24, 2.45) is 5.73 Å². The van der Waals surface area contributed by atoms with Crippen LogP contribution in [0.3, 0.4) is 0 Å². The second-order valence-electron chi connectivity index (χ2n) is 3.99. The summed E-state index contributed by atoms with van der Waals surface area (Å²) in [5.74, 6) is 0.469. The van der Waals surface area contributed by atoms with Crippen LogP contribution in [-0.2, 0) is 9.53 Å². The Morgan fingerprint density at radius 1 is 1.57 bits per heavy atom. The van der Waals surface area contributed by atoms with Gasteiger partial charge in [-0.2, -0.15) is 0 Å². The predicted octanol–water partition coefficient (Wildman–Crippen LogP) is 0.381. The molecule has 0 heterocycles. The van der Waals surface area contributed by atoms with Crippen LogP contribution < -0.4 is 5.73 Å². The number of hydrogen-bond donors (Lipinski definition) is 2. The second-order valence-corrected chi connectivity index (χ2v) is 5.02. The SMILES string of the molecule is CC(C)(C)OC(=O)CSCC(O)CN. The van der Waals surface area contributed by atoms with E-state index in [-0.39, 0.29) is 18.3 Å². The number of thioether (sulfide) groups is 1. The van der Waals surface area contributed by atoms with Crippen molar-refractivity contribution in [3.8, 4) is 0 Å². The molecule has 0 saturated heterocycles. The maximum absolute atomic E-state index is 11.2. The van der Waals surface area contributed by atoms with Crippen LogP contribution in [0, 0.1) is 0 Å². The molecule has 5 heteroatoms. The molecule has 0 saturated carbocycles. The third-order valence-electron chi connectivity index (χ3n) is 1.22. The molecule has 0 amide bonds. The van der Waals surface area contributed by atoms with Crippen LogP contribution >= 0.6 is 11.8 Å². The number of aliphatic hydroxyl groups is 1. The Kier molecular flexibility index (Phi) is 6.15. The zero-order valence-corrected chi connectivity index (χ0v) is 9.76. The number of carbonyl (C=O) groups is 1. The Labute approximate surface area is 89.2 Å². The summed E-state index contributed by atoms with van der Waals surface area (Å²) in [4.78, 5) is 11.2. The van der Waals surface area contributed by atoms with Crippen molar-refractivity contribution < 1.29 is 14.6 Å². The number of carbonyl (C=O) groups excluding carboxylic acids is 1.